The van der Waals surface area contributed by atoms with Crippen molar-refractivity contribution in [3.8, 4) is 23.2 Å². The average Bonchev–Trinajstić information content (AvgIpc) is 2.85. The Morgan fingerprint density at radius 1 is 1.08 bits per heavy atom. The summed E-state index contributed by atoms with van der Waals surface area (Å²) in [5, 5.41) is 7.70. The molecule has 2 aromatic heterocycles. The Morgan fingerprint density at radius 3 is 2.57 bits per heavy atom. The molecule has 0 spiro atoms. The van der Waals surface area contributed by atoms with Gasteiger partial charge in [0.15, 0.2) is 5.82 Å². The molecule has 0 aliphatic rings. The normalized spacial score (nSPS) is 11.6. The van der Waals surface area contributed by atoms with Crippen LogP contribution in [-0.2, 0) is 4.84 Å². The summed E-state index contributed by atoms with van der Waals surface area (Å²) in [5.74, 6) is 6.78. The number of rotatable bonds is 6. The number of pyridine rings is 1. The van der Waals surface area contributed by atoms with Crippen LogP contribution in [0.15, 0.2) is 60.9 Å². The fourth-order valence-corrected chi connectivity index (χ4v) is 3.96. The molecule has 1 N–H and O–H groups in total. The van der Waals surface area contributed by atoms with E-state index in [-0.39, 0.29) is 17.2 Å². The molecule has 0 saturated carbocycles. The Bertz CT molecular complexity index is 1460. The quantitative estimate of drug-likeness (QED) is 0.245. The first-order valence-electron chi connectivity index (χ1n) is 11.7. The van der Waals surface area contributed by atoms with Crippen molar-refractivity contribution in [2.75, 3.05) is 26.0 Å². The minimum absolute atomic E-state index is 0.0180. The Balaban J connectivity index is 1.68. The Labute approximate surface area is 221 Å². The number of hydrogen-bond donors (Lipinski definition) is 1. The van der Waals surface area contributed by atoms with Crippen molar-refractivity contribution in [2.24, 2.45) is 0 Å². The van der Waals surface area contributed by atoms with Crippen LogP contribution >= 0.6 is 11.6 Å². The second kappa shape index (κ2) is 11.2. The van der Waals surface area contributed by atoms with Crippen molar-refractivity contribution in [3.63, 3.8) is 0 Å². The smallest absolute Gasteiger partial charge is 0.163 e. The molecule has 7 nitrogen and oxygen atoms in total. The van der Waals surface area contributed by atoms with Gasteiger partial charge < -0.3 is 5.32 Å². The molecular formula is C28H28ClFN6O. The molecule has 0 aliphatic carbocycles. The number of nitrogens with zero attached hydrogens (tertiary/aromatic N) is 5. The van der Waals surface area contributed by atoms with Crippen LogP contribution in [0.25, 0.3) is 22.3 Å². The van der Waals surface area contributed by atoms with Crippen LogP contribution in [0.1, 0.15) is 26.3 Å². The Hall–Kier alpha value is -3.61. The van der Waals surface area contributed by atoms with E-state index in [1.807, 2.05) is 49.4 Å². The van der Waals surface area contributed by atoms with Gasteiger partial charge in [0, 0.05) is 48.7 Å². The van der Waals surface area contributed by atoms with Gasteiger partial charge in [0.1, 0.15) is 18.2 Å². The first-order valence-corrected chi connectivity index (χ1v) is 12.0. The van der Waals surface area contributed by atoms with Crippen LogP contribution < -0.4 is 5.32 Å². The molecular weight excluding hydrogens is 491 g/mol. The highest BCUT2D eigenvalue weighted by Crippen LogP contribution is 2.29. The molecule has 2 heterocycles. The molecule has 9 heteroatoms. The molecule has 37 heavy (non-hydrogen) atoms. The van der Waals surface area contributed by atoms with E-state index >= 15 is 0 Å². The lowest BCUT2D eigenvalue weighted by atomic mass is 10.1. The molecule has 4 aromatic rings. The van der Waals surface area contributed by atoms with Gasteiger partial charge in [-0.3, -0.25) is 9.82 Å². The molecule has 190 valence electrons. The minimum atomic E-state index is -0.491. The summed E-state index contributed by atoms with van der Waals surface area (Å²) in [7, 11) is 3.84. The molecule has 0 aliphatic heterocycles. The topological polar surface area (TPSA) is 66.4 Å². The van der Waals surface area contributed by atoms with Gasteiger partial charge in [-0.2, -0.15) is 0 Å². The molecule has 0 bridgehead atoms. The molecule has 2 aromatic carbocycles. The van der Waals surface area contributed by atoms with Gasteiger partial charge in [-0.25, -0.2) is 19.4 Å². The first-order chi connectivity index (χ1) is 17.6. The average molecular weight is 519 g/mol. The lowest BCUT2D eigenvalue weighted by Crippen LogP contribution is -2.49. The van der Waals surface area contributed by atoms with E-state index < -0.39 is 5.82 Å². The third kappa shape index (κ3) is 6.59. The summed E-state index contributed by atoms with van der Waals surface area (Å²) in [6.45, 7) is 6.41. The number of halogens is 2. The zero-order valence-electron chi connectivity index (χ0n) is 21.4. The number of hydrogen-bond acceptors (Lipinski definition) is 7. The highest BCUT2D eigenvalue weighted by molar-refractivity contribution is 6.31. The predicted octanol–water partition coefficient (Wildman–Crippen LogP) is 6.09. The fraction of sp³-hybridized carbons (Fsp3) is 0.250. The van der Waals surface area contributed by atoms with Crippen molar-refractivity contribution in [2.45, 2.75) is 26.3 Å². The Kier molecular flexibility index (Phi) is 8.00. The molecule has 0 saturated heterocycles. The predicted molar refractivity (Wildman–Crippen MR) is 146 cm³/mol. The second-order valence-electron chi connectivity index (χ2n) is 9.49. The van der Waals surface area contributed by atoms with Gasteiger partial charge in [-0.15, -0.1) is 5.17 Å². The maximum Gasteiger partial charge on any atom is 0.163 e. The van der Waals surface area contributed by atoms with Crippen LogP contribution in [0.5, 0.6) is 0 Å². The highest BCUT2D eigenvalue weighted by Gasteiger charge is 2.24. The van der Waals surface area contributed by atoms with Crippen LogP contribution in [0.3, 0.4) is 0 Å². The zero-order chi connectivity index (χ0) is 26.6. The van der Waals surface area contributed by atoms with E-state index in [9.17, 15) is 4.39 Å². The standard InChI is InChI=1S/C28H28ClFN6O/c1-28(2,3)36(35(4)5)37-15-7-8-19-10-13-25-22(16-19)27(32-21-11-12-24(30)23(29)17-21)34-26(33-25)20-9-6-14-31-18-20/h6,9-14,16-18H,15H2,1-5H3,(H,32,33,34). The van der Waals surface area contributed by atoms with Crippen molar-refractivity contribution >= 4 is 34.0 Å². The molecule has 0 amide bonds. The number of hydroxylamine groups is 1. The van der Waals surface area contributed by atoms with Crippen LogP contribution in [-0.4, -0.2) is 51.4 Å². The fourth-order valence-electron chi connectivity index (χ4n) is 3.78. The van der Waals surface area contributed by atoms with Crippen LogP contribution in [0.2, 0.25) is 5.02 Å². The van der Waals surface area contributed by atoms with E-state index in [0.717, 1.165) is 22.0 Å². The maximum atomic E-state index is 13.7. The molecule has 0 fully saturated rings. The number of nitrogens with one attached hydrogen (secondary N) is 1. The molecule has 0 unspecified atom stereocenters. The minimum Gasteiger partial charge on any atom is -0.340 e. The number of aromatic nitrogens is 3. The van der Waals surface area contributed by atoms with E-state index in [2.05, 4.69) is 42.9 Å². The Morgan fingerprint density at radius 2 is 1.89 bits per heavy atom. The van der Waals surface area contributed by atoms with Gasteiger partial charge in [0.25, 0.3) is 0 Å². The number of fused-ring (bicyclic) bond motifs is 1. The summed E-state index contributed by atoms with van der Waals surface area (Å²) in [6.07, 6.45) is 3.40. The summed E-state index contributed by atoms with van der Waals surface area (Å²) >= 11 is 6.00. The summed E-state index contributed by atoms with van der Waals surface area (Å²) in [4.78, 5) is 19.5. The largest absolute Gasteiger partial charge is 0.340 e. The van der Waals surface area contributed by atoms with Crippen molar-refractivity contribution in [1.29, 1.82) is 0 Å². The maximum absolute atomic E-state index is 13.7. The van der Waals surface area contributed by atoms with Gasteiger partial charge in [0.2, 0.25) is 0 Å². The highest BCUT2D eigenvalue weighted by atomic mass is 35.5. The van der Waals surface area contributed by atoms with E-state index in [0.29, 0.717) is 17.3 Å². The van der Waals surface area contributed by atoms with Crippen LogP contribution in [0, 0.1) is 17.7 Å². The van der Waals surface area contributed by atoms with Gasteiger partial charge in [0.05, 0.1) is 16.1 Å². The van der Waals surface area contributed by atoms with Gasteiger partial charge in [-0.05, 0) is 69.3 Å². The van der Waals surface area contributed by atoms with Crippen molar-refractivity contribution in [3.05, 3.63) is 77.3 Å². The summed E-state index contributed by atoms with van der Waals surface area (Å²) < 4.78 is 13.7. The van der Waals surface area contributed by atoms with Gasteiger partial charge >= 0.3 is 0 Å². The van der Waals surface area contributed by atoms with E-state index in [4.69, 9.17) is 26.4 Å². The van der Waals surface area contributed by atoms with Gasteiger partial charge in [-0.1, -0.05) is 23.4 Å². The zero-order valence-corrected chi connectivity index (χ0v) is 22.1. The van der Waals surface area contributed by atoms with Crippen LogP contribution in [0.4, 0.5) is 15.9 Å². The third-order valence-electron chi connectivity index (χ3n) is 5.23. The van der Waals surface area contributed by atoms with Crippen molar-refractivity contribution < 1.29 is 9.23 Å². The summed E-state index contributed by atoms with van der Waals surface area (Å²) in [5.41, 5.74) is 2.66. The van der Waals surface area contributed by atoms with E-state index in [1.165, 1.54) is 12.1 Å². The third-order valence-corrected chi connectivity index (χ3v) is 5.52. The SMILES string of the molecule is CN(C)N(OCC#Cc1ccc2nc(-c3cccnc3)nc(Nc3ccc(F)c(Cl)c3)c2c1)C(C)(C)C. The molecule has 0 atom stereocenters. The first kappa shape index (κ1) is 26.5. The monoisotopic (exact) mass is 518 g/mol. The second-order valence-corrected chi connectivity index (χ2v) is 9.90. The van der Waals surface area contributed by atoms with Crippen molar-refractivity contribution in [1.82, 2.24) is 25.1 Å². The molecule has 4 rings (SSSR count). The number of benzene rings is 2. The molecule has 0 radical (unpaired) electrons. The van der Waals surface area contributed by atoms with E-state index in [1.54, 1.807) is 23.6 Å². The lowest BCUT2D eigenvalue weighted by molar-refractivity contribution is -0.305. The summed E-state index contributed by atoms with van der Waals surface area (Å²) in [6, 6.07) is 13.9. The number of anilines is 2. The lowest BCUT2D eigenvalue weighted by Gasteiger charge is -2.37. The number of hydrazine groups is 1.